The average molecular weight is 383 g/mol. The lowest BCUT2D eigenvalue weighted by Gasteiger charge is -2.09. The molecule has 0 spiro atoms. The first-order valence-electron chi connectivity index (χ1n) is 8.46. The Labute approximate surface area is 159 Å². The molecule has 0 saturated carbocycles. The molecule has 2 aromatic carbocycles. The van der Waals surface area contributed by atoms with Crippen molar-refractivity contribution in [1.29, 1.82) is 0 Å². The Morgan fingerprint density at radius 2 is 1.86 bits per heavy atom. The number of methoxy groups -OCH3 is 1. The summed E-state index contributed by atoms with van der Waals surface area (Å²) in [4.78, 5) is 39.3. The normalized spacial score (nSPS) is 10.5. The fourth-order valence-electron chi connectivity index (χ4n) is 2.64. The first-order valence-corrected chi connectivity index (χ1v) is 8.46. The van der Waals surface area contributed by atoms with Crippen LogP contribution in [0.3, 0.4) is 0 Å². The number of aromatic nitrogens is 2. The van der Waals surface area contributed by atoms with E-state index in [4.69, 9.17) is 4.74 Å². The number of amides is 1. The van der Waals surface area contributed by atoms with Gasteiger partial charge in [0.1, 0.15) is 17.1 Å². The monoisotopic (exact) mass is 383 g/mol. The van der Waals surface area contributed by atoms with Crippen LogP contribution in [0, 0.1) is 5.82 Å². The van der Waals surface area contributed by atoms with Crippen LogP contribution in [0.2, 0.25) is 0 Å². The van der Waals surface area contributed by atoms with Gasteiger partial charge in [0.25, 0.3) is 11.5 Å². The van der Waals surface area contributed by atoms with E-state index in [2.05, 4.69) is 10.3 Å². The number of aromatic amines is 1. The van der Waals surface area contributed by atoms with Gasteiger partial charge in [-0.15, -0.1) is 0 Å². The van der Waals surface area contributed by atoms with E-state index in [1.807, 2.05) is 0 Å². The van der Waals surface area contributed by atoms with Crippen LogP contribution < -0.4 is 21.3 Å². The zero-order chi connectivity index (χ0) is 20.1. The zero-order valence-corrected chi connectivity index (χ0v) is 15.1. The Morgan fingerprint density at radius 3 is 2.54 bits per heavy atom. The van der Waals surface area contributed by atoms with E-state index in [0.717, 1.165) is 16.3 Å². The molecule has 1 amide bonds. The summed E-state index contributed by atoms with van der Waals surface area (Å²) >= 11 is 0. The van der Waals surface area contributed by atoms with Crippen molar-refractivity contribution in [3.63, 3.8) is 0 Å². The molecule has 1 aromatic heterocycles. The van der Waals surface area contributed by atoms with Gasteiger partial charge >= 0.3 is 5.69 Å². The summed E-state index contributed by atoms with van der Waals surface area (Å²) in [7, 11) is 1.55. The Kier molecular flexibility index (Phi) is 5.69. The first-order chi connectivity index (χ1) is 13.5. The lowest BCUT2D eigenvalue weighted by molar-refractivity contribution is 0.0948. The molecule has 0 atom stereocenters. The molecule has 1 heterocycles. The number of nitrogens with one attached hydrogen (secondary N) is 2. The van der Waals surface area contributed by atoms with E-state index in [0.29, 0.717) is 5.75 Å². The number of halogens is 1. The third-order valence-electron chi connectivity index (χ3n) is 4.20. The summed E-state index contributed by atoms with van der Waals surface area (Å²) in [6.07, 6.45) is 1.06. The van der Waals surface area contributed by atoms with Crippen molar-refractivity contribution in [2.24, 2.45) is 0 Å². The van der Waals surface area contributed by atoms with Gasteiger partial charge in [-0.05, 0) is 23.8 Å². The van der Waals surface area contributed by atoms with Crippen LogP contribution in [0.1, 0.15) is 21.5 Å². The summed E-state index contributed by atoms with van der Waals surface area (Å²) in [5.41, 5.74) is -0.764. The molecule has 2 N–H and O–H groups in total. The number of H-pyrrole nitrogens is 1. The van der Waals surface area contributed by atoms with Crippen LogP contribution in [0.4, 0.5) is 4.39 Å². The van der Waals surface area contributed by atoms with Crippen LogP contribution in [-0.4, -0.2) is 22.6 Å². The van der Waals surface area contributed by atoms with Crippen molar-refractivity contribution in [2.45, 2.75) is 13.1 Å². The van der Waals surface area contributed by atoms with Crippen molar-refractivity contribution in [2.75, 3.05) is 7.11 Å². The fraction of sp³-hybridized carbons (Fsp3) is 0.150. The number of hydrogen-bond donors (Lipinski definition) is 2. The Hall–Kier alpha value is -3.68. The molecule has 144 valence electrons. The average Bonchev–Trinajstić information content (AvgIpc) is 2.71. The molecule has 7 nitrogen and oxygen atoms in total. The zero-order valence-electron chi connectivity index (χ0n) is 15.1. The molecule has 0 aliphatic carbocycles. The number of benzene rings is 2. The van der Waals surface area contributed by atoms with E-state index >= 15 is 0 Å². The molecule has 0 aliphatic rings. The minimum atomic E-state index is -0.792. The third kappa shape index (κ3) is 4.17. The van der Waals surface area contributed by atoms with E-state index in [-0.39, 0.29) is 24.2 Å². The molecular weight excluding hydrogens is 365 g/mol. The Balaban J connectivity index is 1.80. The topological polar surface area (TPSA) is 93.2 Å². The molecule has 0 bridgehead atoms. The maximum Gasteiger partial charge on any atom is 0.328 e. The van der Waals surface area contributed by atoms with Gasteiger partial charge < -0.3 is 15.0 Å². The lowest BCUT2D eigenvalue weighted by atomic mass is 10.2. The number of carbonyl (C=O) groups excluding carboxylic acids is 1. The molecule has 3 rings (SSSR count). The van der Waals surface area contributed by atoms with Crippen LogP contribution in [0.25, 0.3) is 0 Å². The van der Waals surface area contributed by atoms with Crippen LogP contribution in [0.15, 0.2) is 64.3 Å². The van der Waals surface area contributed by atoms with Crippen molar-refractivity contribution < 1.29 is 13.9 Å². The minimum absolute atomic E-state index is 0.172. The summed E-state index contributed by atoms with van der Waals surface area (Å²) in [6, 6.07) is 12.9. The summed E-state index contributed by atoms with van der Waals surface area (Å²) in [5.74, 6) is -0.491. The number of nitrogens with zero attached hydrogens (tertiary/aromatic N) is 1. The molecule has 3 aromatic rings. The van der Waals surface area contributed by atoms with E-state index in [9.17, 15) is 18.8 Å². The second-order valence-corrected chi connectivity index (χ2v) is 6.02. The molecule has 0 fully saturated rings. The maximum atomic E-state index is 13.8. The second kappa shape index (κ2) is 8.34. The van der Waals surface area contributed by atoms with Crippen LogP contribution in [0.5, 0.6) is 5.75 Å². The van der Waals surface area contributed by atoms with Gasteiger partial charge in [0.2, 0.25) is 0 Å². The lowest BCUT2D eigenvalue weighted by Crippen LogP contribution is -2.40. The number of hydrogen-bond acceptors (Lipinski definition) is 4. The van der Waals surface area contributed by atoms with Gasteiger partial charge in [-0.3, -0.25) is 14.2 Å². The quantitative estimate of drug-likeness (QED) is 0.677. The first kappa shape index (κ1) is 19.1. The predicted molar refractivity (Wildman–Crippen MR) is 101 cm³/mol. The highest BCUT2D eigenvalue weighted by molar-refractivity contribution is 5.93. The molecule has 28 heavy (non-hydrogen) atoms. The van der Waals surface area contributed by atoms with E-state index in [1.54, 1.807) is 37.4 Å². The fourth-order valence-corrected chi connectivity index (χ4v) is 2.64. The smallest absolute Gasteiger partial charge is 0.328 e. The number of ether oxygens (including phenoxy) is 1. The van der Waals surface area contributed by atoms with Crippen molar-refractivity contribution in [3.8, 4) is 5.75 Å². The van der Waals surface area contributed by atoms with Gasteiger partial charge in [0, 0.05) is 18.3 Å². The summed E-state index contributed by atoms with van der Waals surface area (Å²) in [5, 5.41) is 2.63. The molecule has 0 unspecified atom stereocenters. The van der Waals surface area contributed by atoms with Gasteiger partial charge in [0.15, 0.2) is 0 Å². The number of rotatable bonds is 6. The van der Waals surface area contributed by atoms with Crippen molar-refractivity contribution in [3.05, 3.63) is 98.1 Å². The van der Waals surface area contributed by atoms with Crippen molar-refractivity contribution >= 4 is 5.91 Å². The molecule has 0 aliphatic heterocycles. The van der Waals surface area contributed by atoms with Gasteiger partial charge in [0.05, 0.1) is 13.7 Å². The van der Waals surface area contributed by atoms with Gasteiger partial charge in [-0.1, -0.05) is 30.3 Å². The van der Waals surface area contributed by atoms with E-state index < -0.39 is 23.0 Å². The van der Waals surface area contributed by atoms with Crippen LogP contribution in [-0.2, 0) is 13.1 Å². The van der Waals surface area contributed by atoms with Gasteiger partial charge in [-0.25, -0.2) is 9.18 Å². The van der Waals surface area contributed by atoms with E-state index in [1.165, 1.54) is 18.2 Å². The van der Waals surface area contributed by atoms with Crippen molar-refractivity contribution in [1.82, 2.24) is 14.9 Å². The predicted octanol–water partition coefficient (Wildman–Crippen LogP) is 1.66. The molecule has 0 saturated heterocycles. The standard InChI is InChI=1S/C20H18FN3O4/c1-28-15-8-6-13(7-9-15)10-22-18(25)16-11-23-20(27)24(19(16)26)12-14-4-2-3-5-17(14)21/h2-9,11H,10,12H2,1H3,(H,22,25)(H,23,27). The molecule has 0 radical (unpaired) electrons. The minimum Gasteiger partial charge on any atom is -0.497 e. The Morgan fingerprint density at radius 1 is 1.14 bits per heavy atom. The van der Waals surface area contributed by atoms with Gasteiger partial charge in [-0.2, -0.15) is 0 Å². The number of carbonyl (C=O) groups is 1. The SMILES string of the molecule is COc1ccc(CNC(=O)c2c[nH]c(=O)n(Cc3ccccc3F)c2=O)cc1. The largest absolute Gasteiger partial charge is 0.497 e. The summed E-state index contributed by atoms with van der Waals surface area (Å²) in [6.45, 7) is -0.0881. The molecular formula is C20H18FN3O4. The highest BCUT2D eigenvalue weighted by atomic mass is 19.1. The maximum absolute atomic E-state index is 13.8. The van der Waals surface area contributed by atoms with Crippen LogP contribution >= 0.6 is 0 Å². The molecule has 8 heteroatoms. The second-order valence-electron chi connectivity index (χ2n) is 6.02. The highest BCUT2D eigenvalue weighted by Gasteiger charge is 2.15. The highest BCUT2D eigenvalue weighted by Crippen LogP contribution is 2.11. The summed E-state index contributed by atoms with van der Waals surface area (Å²) < 4.78 is 19.7. The third-order valence-corrected chi connectivity index (χ3v) is 4.20. The Bertz CT molecular complexity index is 1100.